The lowest BCUT2D eigenvalue weighted by molar-refractivity contribution is -0.164. The smallest absolute Gasteiger partial charge is 0.373 e. The molecule has 3 rings (SSSR count). The standard InChI is InChI=1S/C24H33NO8S/c1-3-14-32-24(27)22-16-19(18-5-4-6-18)17-23(33-22)31-15-12-25(11-13-26)34(28,29)21-9-7-20(30-2)8-10-21/h3,7-10,16,18-19,23,26H,1,4-6,11-15,17H2,2H3/t19-,23+/m1/s1. The minimum atomic E-state index is -3.84. The number of hydrogen-bond acceptors (Lipinski definition) is 8. The van der Waals surface area contributed by atoms with E-state index in [4.69, 9.17) is 18.9 Å². The number of hydrogen-bond donors (Lipinski definition) is 1. The molecule has 34 heavy (non-hydrogen) atoms. The van der Waals surface area contributed by atoms with Crippen LogP contribution in [0.15, 0.2) is 53.7 Å². The van der Waals surface area contributed by atoms with Gasteiger partial charge in [0.15, 0.2) is 0 Å². The average Bonchev–Trinajstić information content (AvgIpc) is 2.80. The van der Waals surface area contributed by atoms with Crippen molar-refractivity contribution in [1.82, 2.24) is 4.31 Å². The third-order valence-electron chi connectivity index (χ3n) is 6.07. The molecule has 1 aromatic carbocycles. The molecule has 1 heterocycles. The highest BCUT2D eigenvalue weighted by Crippen LogP contribution is 2.40. The predicted octanol–water partition coefficient (Wildman–Crippen LogP) is 2.47. The van der Waals surface area contributed by atoms with Crippen molar-refractivity contribution < 1.29 is 37.3 Å². The van der Waals surface area contributed by atoms with Crippen molar-refractivity contribution in [1.29, 1.82) is 0 Å². The topological polar surface area (TPSA) is 112 Å². The summed E-state index contributed by atoms with van der Waals surface area (Å²) in [5.74, 6) is 0.699. The van der Waals surface area contributed by atoms with E-state index in [1.165, 1.54) is 25.3 Å². The maximum absolute atomic E-state index is 13.0. The fraction of sp³-hybridized carbons (Fsp3) is 0.542. The summed E-state index contributed by atoms with van der Waals surface area (Å²) in [6, 6.07) is 6.05. The number of aliphatic hydroxyl groups is 1. The first-order chi connectivity index (χ1) is 16.4. The van der Waals surface area contributed by atoms with Crippen LogP contribution in [-0.2, 0) is 29.0 Å². The first kappa shape index (κ1) is 26.2. The normalized spacial score (nSPS) is 20.7. The van der Waals surface area contributed by atoms with Gasteiger partial charge in [0.2, 0.25) is 22.1 Å². The average molecular weight is 496 g/mol. The minimum Gasteiger partial charge on any atom is -0.497 e. The van der Waals surface area contributed by atoms with Gasteiger partial charge in [0.05, 0.1) is 25.2 Å². The second kappa shape index (κ2) is 12.3. The van der Waals surface area contributed by atoms with Crippen molar-refractivity contribution in [3.8, 4) is 5.75 Å². The zero-order chi connectivity index (χ0) is 24.6. The lowest BCUT2D eigenvalue weighted by atomic mass is 9.73. The summed E-state index contributed by atoms with van der Waals surface area (Å²) in [5, 5.41) is 9.42. The van der Waals surface area contributed by atoms with Crippen LogP contribution in [0.25, 0.3) is 0 Å². The van der Waals surface area contributed by atoms with E-state index in [-0.39, 0.29) is 49.5 Å². The SMILES string of the molecule is C=CCOC(=O)C1=C[C@@H](C2CCC2)C[C@@H](OCCN(CCO)S(=O)(=O)c2ccc(OC)cc2)O1. The third-order valence-corrected chi connectivity index (χ3v) is 7.98. The summed E-state index contributed by atoms with van der Waals surface area (Å²) < 4.78 is 49.0. The summed E-state index contributed by atoms with van der Waals surface area (Å²) in [6.45, 7) is 3.26. The van der Waals surface area contributed by atoms with Crippen LogP contribution in [0.2, 0.25) is 0 Å². The van der Waals surface area contributed by atoms with Crippen LogP contribution < -0.4 is 4.74 Å². The van der Waals surface area contributed by atoms with Gasteiger partial charge in [-0.05, 0) is 55.0 Å². The highest BCUT2D eigenvalue weighted by atomic mass is 32.2. The molecule has 0 saturated heterocycles. The van der Waals surface area contributed by atoms with Gasteiger partial charge in [0, 0.05) is 19.5 Å². The molecule has 1 N–H and O–H groups in total. The minimum absolute atomic E-state index is 0.0167. The van der Waals surface area contributed by atoms with Crippen LogP contribution in [0.4, 0.5) is 0 Å². The Balaban J connectivity index is 1.63. The lowest BCUT2D eigenvalue weighted by Gasteiger charge is -2.37. The fourth-order valence-corrected chi connectivity index (χ4v) is 5.40. The third kappa shape index (κ3) is 6.59. The van der Waals surface area contributed by atoms with E-state index < -0.39 is 22.3 Å². The van der Waals surface area contributed by atoms with Crippen molar-refractivity contribution in [2.45, 2.75) is 36.9 Å². The van der Waals surface area contributed by atoms with Crippen molar-refractivity contribution in [2.24, 2.45) is 11.8 Å². The van der Waals surface area contributed by atoms with Gasteiger partial charge in [0.1, 0.15) is 12.4 Å². The van der Waals surface area contributed by atoms with Crippen LogP contribution in [0.1, 0.15) is 25.7 Å². The first-order valence-corrected chi connectivity index (χ1v) is 12.9. The van der Waals surface area contributed by atoms with E-state index >= 15 is 0 Å². The number of allylic oxidation sites excluding steroid dienone is 1. The fourth-order valence-electron chi connectivity index (χ4n) is 3.98. The van der Waals surface area contributed by atoms with Gasteiger partial charge in [0.25, 0.3) is 0 Å². The van der Waals surface area contributed by atoms with Gasteiger partial charge >= 0.3 is 5.97 Å². The Morgan fingerprint density at radius 3 is 2.59 bits per heavy atom. The largest absolute Gasteiger partial charge is 0.497 e. The molecule has 0 bridgehead atoms. The number of nitrogens with zero attached hydrogens (tertiary/aromatic N) is 1. The number of methoxy groups -OCH3 is 1. The van der Waals surface area contributed by atoms with Gasteiger partial charge < -0.3 is 24.1 Å². The molecule has 10 heteroatoms. The number of sulfonamides is 1. The number of rotatable bonds is 13. The van der Waals surface area contributed by atoms with E-state index in [9.17, 15) is 18.3 Å². The molecule has 2 aliphatic rings. The molecule has 1 aromatic rings. The second-order valence-corrected chi connectivity index (χ2v) is 10.2. The predicted molar refractivity (Wildman–Crippen MR) is 124 cm³/mol. The molecule has 1 fully saturated rings. The summed E-state index contributed by atoms with van der Waals surface area (Å²) in [4.78, 5) is 12.4. The second-order valence-electron chi connectivity index (χ2n) is 8.23. The zero-order valence-electron chi connectivity index (χ0n) is 19.4. The molecule has 2 atom stereocenters. The molecule has 0 amide bonds. The van der Waals surface area contributed by atoms with Crippen molar-refractivity contribution in [3.63, 3.8) is 0 Å². The van der Waals surface area contributed by atoms with Gasteiger partial charge in [-0.3, -0.25) is 0 Å². The maximum atomic E-state index is 13.0. The Morgan fingerprint density at radius 2 is 2.00 bits per heavy atom. The van der Waals surface area contributed by atoms with Gasteiger partial charge in [-0.1, -0.05) is 19.1 Å². The molecule has 188 valence electrons. The molecule has 1 aliphatic carbocycles. The lowest BCUT2D eigenvalue weighted by Crippen LogP contribution is -2.38. The summed E-state index contributed by atoms with van der Waals surface area (Å²) >= 11 is 0. The van der Waals surface area contributed by atoms with E-state index in [1.807, 2.05) is 6.08 Å². The Morgan fingerprint density at radius 1 is 1.26 bits per heavy atom. The van der Waals surface area contributed by atoms with Crippen molar-refractivity contribution >= 4 is 16.0 Å². The number of benzene rings is 1. The van der Waals surface area contributed by atoms with E-state index in [0.29, 0.717) is 18.1 Å². The number of aliphatic hydroxyl groups excluding tert-OH is 1. The molecule has 0 spiro atoms. The number of carbonyl (C=O) groups is 1. The van der Waals surface area contributed by atoms with E-state index in [1.54, 1.807) is 12.1 Å². The molecular formula is C24H33NO8S. The molecule has 0 radical (unpaired) electrons. The van der Waals surface area contributed by atoms with Crippen molar-refractivity contribution in [2.75, 3.05) is 40.0 Å². The number of carbonyl (C=O) groups excluding carboxylic acids is 1. The summed E-state index contributed by atoms with van der Waals surface area (Å²) in [6.07, 6.45) is 6.53. The van der Waals surface area contributed by atoms with Crippen LogP contribution in [0, 0.1) is 11.8 Å². The molecule has 1 aliphatic heterocycles. The monoisotopic (exact) mass is 495 g/mol. The maximum Gasteiger partial charge on any atom is 0.373 e. The van der Waals surface area contributed by atoms with E-state index in [0.717, 1.165) is 23.6 Å². The Labute approximate surface area is 201 Å². The number of esters is 1. The molecule has 9 nitrogen and oxygen atoms in total. The van der Waals surface area contributed by atoms with Crippen LogP contribution in [0.3, 0.4) is 0 Å². The van der Waals surface area contributed by atoms with Crippen molar-refractivity contribution in [3.05, 3.63) is 48.8 Å². The molecular weight excluding hydrogens is 462 g/mol. The Kier molecular flexibility index (Phi) is 9.52. The van der Waals surface area contributed by atoms with E-state index in [2.05, 4.69) is 6.58 Å². The highest BCUT2D eigenvalue weighted by molar-refractivity contribution is 7.89. The van der Waals surface area contributed by atoms with Crippen LogP contribution in [-0.4, -0.2) is 70.1 Å². The zero-order valence-corrected chi connectivity index (χ0v) is 20.2. The Hall–Kier alpha value is -2.40. The van der Waals surface area contributed by atoms with Crippen LogP contribution >= 0.6 is 0 Å². The van der Waals surface area contributed by atoms with Crippen LogP contribution in [0.5, 0.6) is 5.75 Å². The summed E-state index contributed by atoms with van der Waals surface area (Å²) in [5.41, 5.74) is 0. The number of ether oxygens (including phenoxy) is 4. The summed E-state index contributed by atoms with van der Waals surface area (Å²) in [7, 11) is -2.34. The molecule has 0 aromatic heterocycles. The van der Waals surface area contributed by atoms with Gasteiger partial charge in [-0.2, -0.15) is 4.31 Å². The van der Waals surface area contributed by atoms with Gasteiger partial charge in [-0.25, -0.2) is 13.2 Å². The highest BCUT2D eigenvalue weighted by Gasteiger charge is 2.35. The molecule has 0 unspecified atom stereocenters. The Bertz CT molecular complexity index is 956. The van der Waals surface area contributed by atoms with Gasteiger partial charge in [-0.15, -0.1) is 0 Å². The first-order valence-electron chi connectivity index (χ1n) is 11.4. The quantitative estimate of drug-likeness (QED) is 0.328. The molecule has 1 saturated carbocycles.